The van der Waals surface area contributed by atoms with Gasteiger partial charge in [0.1, 0.15) is 5.52 Å². The van der Waals surface area contributed by atoms with Gasteiger partial charge in [0, 0.05) is 31.6 Å². The Morgan fingerprint density at radius 1 is 1.40 bits per heavy atom. The second-order valence-corrected chi connectivity index (χ2v) is 4.59. The Labute approximate surface area is 112 Å². The third-order valence-electron chi connectivity index (χ3n) is 2.74. The number of fused-ring (bicyclic) bond motifs is 1. The SMILES string of the molecule is C[C@@H](CNC(=O)c1c[nH]c2nccnc12)CC(F)(F)F. The molecule has 0 saturated heterocycles. The molecule has 2 aromatic heterocycles. The van der Waals surface area contributed by atoms with Crippen LogP contribution in [0.2, 0.25) is 0 Å². The second-order valence-electron chi connectivity index (χ2n) is 4.59. The quantitative estimate of drug-likeness (QED) is 0.905. The summed E-state index contributed by atoms with van der Waals surface area (Å²) < 4.78 is 36.5. The minimum Gasteiger partial charge on any atom is -0.352 e. The van der Waals surface area contributed by atoms with Crippen LogP contribution in [0.15, 0.2) is 18.6 Å². The smallest absolute Gasteiger partial charge is 0.352 e. The molecule has 0 bridgehead atoms. The zero-order valence-corrected chi connectivity index (χ0v) is 10.7. The first-order chi connectivity index (χ1) is 9.37. The molecule has 0 radical (unpaired) electrons. The molecule has 0 aliphatic carbocycles. The van der Waals surface area contributed by atoms with Crippen LogP contribution in [0.4, 0.5) is 13.2 Å². The molecule has 20 heavy (non-hydrogen) atoms. The molecule has 0 aliphatic rings. The molecular weight excluding hydrogens is 273 g/mol. The van der Waals surface area contributed by atoms with Gasteiger partial charge in [0.2, 0.25) is 0 Å². The maximum absolute atomic E-state index is 12.2. The van der Waals surface area contributed by atoms with Crippen molar-refractivity contribution in [1.82, 2.24) is 20.3 Å². The van der Waals surface area contributed by atoms with Crippen molar-refractivity contribution in [1.29, 1.82) is 0 Å². The topological polar surface area (TPSA) is 70.7 Å². The van der Waals surface area contributed by atoms with Crippen molar-refractivity contribution >= 4 is 17.1 Å². The molecule has 5 nitrogen and oxygen atoms in total. The molecular formula is C12H13F3N4O. The first-order valence-electron chi connectivity index (χ1n) is 6.00. The van der Waals surface area contributed by atoms with E-state index < -0.39 is 24.4 Å². The first kappa shape index (κ1) is 14.3. The highest BCUT2D eigenvalue weighted by Gasteiger charge is 2.30. The molecule has 1 amide bonds. The zero-order valence-electron chi connectivity index (χ0n) is 10.7. The third-order valence-corrected chi connectivity index (χ3v) is 2.74. The lowest BCUT2D eigenvalue weighted by Crippen LogP contribution is -2.30. The van der Waals surface area contributed by atoms with Crippen LogP contribution in [0.1, 0.15) is 23.7 Å². The largest absolute Gasteiger partial charge is 0.389 e. The number of nitrogens with one attached hydrogen (secondary N) is 2. The normalized spacial score (nSPS) is 13.4. The van der Waals surface area contributed by atoms with Gasteiger partial charge in [0.15, 0.2) is 5.65 Å². The van der Waals surface area contributed by atoms with E-state index in [1.807, 2.05) is 0 Å². The fourth-order valence-electron chi connectivity index (χ4n) is 1.85. The summed E-state index contributed by atoms with van der Waals surface area (Å²) in [5, 5.41) is 2.47. The monoisotopic (exact) mass is 286 g/mol. The van der Waals surface area contributed by atoms with Crippen LogP contribution in [0, 0.1) is 5.92 Å². The van der Waals surface area contributed by atoms with Crippen LogP contribution >= 0.6 is 0 Å². The van der Waals surface area contributed by atoms with Gasteiger partial charge < -0.3 is 10.3 Å². The van der Waals surface area contributed by atoms with Gasteiger partial charge in [-0.05, 0) is 5.92 Å². The standard InChI is InChI=1S/C12H13F3N4O/c1-7(4-12(13,14)15)5-19-11(20)8-6-18-10-9(8)16-2-3-17-10/h2-3,6-7H,4-5H2,1H3,(H,17,18)(H,19,20)/t7-/m1/s1. The maximum atomic E-state index is 12.2. The number of aromatic amines is 1. The highest BCUT2D eigenvalue weighted by Crippen LogP contribution is 2.24. The Balaban J connectivity index is 1.99. The van der Waals surface area contributed by atoms with Gasteiger partial charge in [-0.15, -0.1) is 0 Å². The van der Waals surface area contributed by atoms with Crippen molar-refractivity contribution < 1.29 is 18.0 Å². The molecule has 0 fully saturated rings. The summed E-state index contributed by atoms with van der Waals surface area (Å²) in [4.78, 5) is 22.7. The van der Waals surface area contributed by atoms with Crippen LogP contribution in [0.25, 0.3) is 11.2 Å². The highest BCUT2D eigenvalue weighted by atomic mass is 19.4. The summed E-state index contributed by atoms with van der Waals surface area (Å²) in [5.74, 6) is -1.15. The number of carbonyl (C=O) groups is 1. The van der Waals surface area contributed by atoms with Gasteiger partial charge in [-0.1, -0.05) is 6.92 Å². The van der Waals surface area contributed by atoms with Gasteiger partial charge in [-0.2, -0.15) is 13.2 Å². The number of halogens is 3. The minimum atomic E-state index is -4.23. The van der Waals surface area contributed by atoms with Crippen molar-refractivity contribution in [2.45, 2.75) is 19.5 Å². The summed E-state index contributed by atoms with van der Waals surface area (Å²) in [5.41, 5.74) is 1.13. The van der Waals surface area contributed by atoms with Crippen molar-refractivity contribution in [2.75, 3.05) is 6.54 Å². The van der Waals surface area contributed by atoms with E-state index in [4.69, 9.17) is 0 Å². The molecule has 8 heteroatoms. The average molecular weight is 286 g/mol. The Morgan fingerprint density at radius 2 is 2.10 bits per heavy atom. The number of rotatable bonds is 4. The van der Waals surface area contributed by atoms with E-state index in [1.165, 1.54) is 25.5 Å². The van der Waals surface area contributed by atoms with E-state index in [0.29, 0.717) is 11.2 Å². The van der Waals surface area contributed by atoms with Crippen molar-refractivity contribution in [3.63, 3.8) is 0 Å². The highest BCUT2D eigenvalue weighted by molar-refractivity contribution is 6.04. The lowest BCUT2D eigenvalue weighted by molar-refractivity contribution is -0.142. The van der Waals surface area contributed by atoms with E-state index >= 15 is 0 Å². The summed E-state index contributed by atoms with van der Waals surface area (Å²) in [6, 6.07) is 0. The Hall–Kier alpha value is -2.12. The van der Waals surface area contributed by atoms with Crippen molar-refractivity contribution in [2.24, 2.45) is 5.92 Å². The Morgan fingerprint density at radius 3 is 2.80 bits per heavy atom. The second kappa shape index (κ2) is 5.48. The van der Waals surface area contributed by atoms with E-state index in [1.54, 1.807) is 0 Å². The molecule has 2 N–H and O–H groups in total. The van der Waals surface area contributed by atoms with Crippen molar-refractivity contribution in [3.05, 3.63) is 24.2 Å². The lowest BCUT2D eigenvalue weighted by Gasteiger charge is -2.14. The predicted octanol–water partition coefficient (Wildman–Crippen LogP) is 2.28. The molecule has 1 atom stereocenters. The maximum Gasteiger partial charge on any atom is 0.389 e. The number of carbonyl (C=O) groups excluding carboxylic acids is 1. The average Bonchev–Trinajstić information content (AvgIpc) is 2.78. The number of nitrogens with zero attached hydrogens (tertiary/aromatic N) is 2. The minimum absolute atomic E-state index is 0.0503. The predicted molar refractivity (Wildman–Crippen MR) is 66.1 cm³/mol. The molecule has 108 valence electrons. The zero-order chi connectivity index (χ0) is 14.8. The number of H-pyrrole nitrogens is 1. The molecule has 0 aliphatic heterocycles. The Kier molecular flexibility index (Phi) is 3.91. The molecule has 2 rings (SSSR count). The number of hydrogen-bond acceptors (Lipinski definition) is 3. The van der Waals surface area contributed by atoms with Crippen molar-refractivity contribution in [3.8, 4) is 0 Å². The summed E-state index contributed by atoms with van der Waals surface area (Å²) in [7, 11) is 0. The summed E-state index contributed by atoms with van der Waals surface area (Å²) >= 11 is 0. The van der Waals surface area contributed by atoms with Crippen LogP contribution < -0.4 is 5.32 Å². The van der Waals surface area contributed by atoms with Gasteiger partial charge in [0.25, 0.3) is 5.91 Å². The lowest BCUT2D eigenvalue weighted by atomic mass is 10.1. The fraction of sp³-hybridized carbons (Fsp3) is 0.417. The van der Waals surface area contributed by atoms with E-state index in [0.717, 1.165) is 0 Å². The van der Waals surface area contributed by atoms with Gasteiger partial charge in [-0.25, -0.2) is 4.98 Å². The molecule has 0 saturated carbocycles. The Bertz CT molecular complexity index is 608. The molecule has 0 unspecified atom stereocenters. The number of amides is 1. The number of alkyl halides is 3. The van der Waals surface area contributed by atoms with E-state index in [-0.39, 0.29) is 12.1 Å². The molecule has 0 aromatic carbocycles. The van der Waals surface area contributed by atoms with E-state index in [9.17, 15) is 18.0 Å². The third kappa shape index (κ3) is 3.46. The van der Waals surface area contributed by atoms with Gasteiger partial charge >= 0.3 is 6.18 Å². The van der Waals surface area contributed by atoms with Crippen LogP contribution in [-0.2, 0) is 0 Å². The fourth-order valence-corrected chi connectivity index (χ4v) is 1.85. The van der Waals surface area contributed by atoms with Gasteiger partial charge in [0.05, 0.1) is 5.56 Å². The molecule has 2 heterocycles. The van der Waals surface area contributed by atoms with Gasteiger partial charge in [-0.3, -0.25) is 9.78 Å². The summed E-state index contributed by atoms with van der Waals surface area (Å²) in [6.45, 7) is 1.38. The summed E-state index contributed by atoms with van der Waals surface area (Å²) in [6.07, 6.45) is -0.795. The first-order valence-corrected chi connectivity index (χ1v) is 6.00. The number of aromatic nitrogens is 3. The number of hydrogen-bond donors (Lipinski definition) is 2. The van der Waals surface area contributed by atoms with Crippen LogP contribution in [-0.4, -0.2) is 33.6 Å². The van der Waals surface area contributed by atoms with Crippen LogP contribution in [0.5, 0.6) is 0 Å². The van der Waals surface area contributed by atoms with Crippen LogP contribution in [0.3, 0.4) is 0 Å². The molecule has 0 spiro atoms. The van der Waals surface area contributed by atoms with E-state index in [2.05, 4.69) is 20.3 Å². The molecule has 2 aromatic rings.